The molecule has 0 saturated carbocycles. The molecule has 2 atom stereocenters. The minimum Gasteiger partial charge on any atom is -0.480 e. The van der Waals surface area contributed by atoms with E-state index in [-0.39, 0.29) is 0 Å². The van der Waals surface area contributed by atoms with Crippen LogP contribution in [0.2, 0.25) is 0 Å². The van der Waals surface area contributed by atoms with Crippen LogP contribution in [-0.2, 0) is 4.79 Å². The van der Waals surface area contributed by atoms with Crippen LogP contribution < -0.4 is 5.32 Å². The van der Waals surface area contributed by atoms with E-state index in [1.54, 1.807) is 6.92 Å². The molecular weight excluding hydrogens is 194 g/mol. The minimum atomic E-state index is -0.843. The van der Waals surface area contributed by atoms with Crippen LogP contribution in [-0.4, -0.2) is 34.4 Å². The van der Waals surface area contributed by atoms with Crippen molar-refractivity contribution in [3.05, 3.63) is 0 Å². The van der Waals surface area contributed by atoms with E-state index in [1.807, 2.05) is 13.8 Å². The molecule has 0 aromatic heterocycles. The molecule has 2 unspecified atom stereocenters. The lowest BCUT2D eigenvalue weighted by atomic mass is 10.00. The second-order valence-electron chi connectivity index (χ2n) is 4.31. The Morgan fingerprint density at radius 3 is 2.40 bits per heavy atom. The summed E-state index contributed by atoms with van der Waals surface area (Å²) in [6.45, 7) is 6.00. The highest BCUT2D eigenvalue weighted by Gasteiger charge is 2.23. The maximum atomic E-state index is 10.8. The van der Waals surface area contributed by atoms with Gasteiger partial charge in [-0.15, -0.1) is 0 Å². The largest absolute Gasteiger partial charge is 0.480 e. The molecule has 4 heteroatoms. The molecule has 0 heterocycles. The Labute approximate surface area is 91.7 Å². The first-order chi connectivity index (χ1) is 6.93. The topological polar surface area (TPSA) is 69.6 Å². The van der Waals surface area contributed by atoms with E-state index in [2.05, 4.69) is 5.32 Å². The van der Waals surface area contributed by atoms with E-state index in [1.165, 1.54) is 0 Å². The van der Waals surface area contributed by atoms with Gasteiger partial charge in [0.1, 0.15) is 6.04 Å². The van der Waals surface area contributed by atoms with Crippen LogP contribution in [0, 0.1) is 0 Å². The van der Waals surface area contributed by atoms with E-state index in [0.29, 0.717) is 19.4 Å². The predicted octanol–water partition coefficient (Wildman–Crippen LogP) is 1.38. The van der Waals surface area contributed by atoms with E-state index in [4.69, 9.17) is 5.11 Å². The first kappa shape index (κ1) is 14.4. The van der Waals surface area contributed by atoms with Gasteiger partial charge in [-0.1, -0.05) is 26.7 Å². The highest BCUT2D eigenvalue weighted by Crippen LogP contribution is 2.11. The van der Waals surface area contributed by atoms with E-state index in [9.17, 15) is 9.90 Å². The smallest absolute Gasteiger partial charge is 0.320 e. The van der Waals surface area contributed by atoms with Crippen LogP contribution in [0.4, 0.5) is 0 Å². The molecule has 0 saturated heterocycles. The van der Waals surface area contributed by atoms with E-state index in [0.717, 1.165) is 12.8 Å². The summed E-state index contributed by atoms with van der Waals surface area (Å²) in [4.78, 5) is 10.8. The van der Waals surface area contributed by atoms with Gasteiger partial charge < -0.3 is 15.5 Å². The number of carbonyl (C=O) groups is 1. The number of carboxylic acid groups (broad SMARTS) is 1. The molecule has 0 bridgehead atoms. The molecule has 3 N–H and O–H groups in total. The van der Waals surface area contributed by atoms with Gasteiger partial charge in [-0.2, -0.15) is 0 Å². The summed E-state index contributed by atoms with van der Waals surface area (Å²) in [7, 11) is 0. The fourth-order valence-corrected chi connectivity index (χ4v) is 1.57. The normalized spacial score (nSPS) is 17.1. The molecule has 90 valence electrons. The monoisotopic (exact) mass is 217 g/mol. The zero-order valence-corrected chi connectivity index (χ0v) is 9.92. The van der Waals surface area contributed by atoms with Gasteiger partial charge in [0, 0.05) is 6.54 Å². The predicted molar refractivity (Wildman–Crippen MR) is 59.9 cm³/mol. The Morgan fingerprint density at radius 2 is 2.00 bits per heavy atom. The third-order valence-electron chi connectivity index (χ3n) is 2.39. The average Bonchev–Trinajstić information content (AvgIpc) is 2.11. The van der Waals surface area contributed by atoms with Crippen molar-refractivity contribution in [2.45, 2.75) is 58.1 Å². The van der Waals surface area contributed by atoms with Crippen molar-refractivity contribution in [3.63, 3.8) is 0 Å². The molecule has 0 aliphatic heterocycles. The van der Waals surface area contributed by atoms with Crippen molar-refractivity contribution in [1.29, 1.82) is 0 Å². The fraction of sp³-hybridized carbons (Fsp3) is 0.909. The molecule has 4 nitrogen and oxygen atoms in total. The molecular formula is C11H23NO3. The summed E-state index contributed by atoms with van der Waals surface area (Å²) in [6.07, 6.45) is 2.98. The lowest BCUT2D eigenvalue weighted by molar-refractivity contribution is -0.139. The van der Waals surface area contributed by atoms with Gasteiger partial charge in [0.25, 0.3) is 0 Å². The van der Waals surface area contributed by atoms with Crippen molar-refractivity contribution in [3.8, 4) is 0 Å². The number of rotatable bonds is 8. The summed E-state index contributed by atoms with van der Waals surface area (Å²) in [6, 6.07) is -0.543. The van der Waals surface area contributed by atoms with Crippen LogP contribution in [0.3, 0.4) is 0 Å². The van der Waals surface area contributed by atoms with Gasteiger partial charge >= 0.3 is 5.97 Å². The average molecular weight is 217 g/mol. The Morgan fingerprint density at radius 1 is 1.40 bits per heavy atom. The van der Waals surface area contributed by atoms with Gasteiger partial charge in [-0.3, -0.25) is 4.79 Å². The molecule has 0 aromatic carbocycles. The standard InChI is InChI=1S/C11H23NO3/c1-4-6-9(10(13)14)12-8-11(3,15)7-5-2/h9,12,15H,4-8H2,1-3H3,(H,13,14). The maximum absolute atomic E-state index is 10.8. The highest BCUT2D eigenvalue weighted by molar-refractivity contribution is 5.73. The lowest BCUT2D eigenvalue weighted by Gasteiger charge is -2.25. The first-order valence-electron chi connectivity index (χ1n) is 5.61. The van der Waals surface area contributed by atoms with E-state index >= 15 is 0 Å². The van der Waals surface area contributed by atoms with Crippen molar-refractivity contribution >= 4 is 5.97 Å². The zero-order chi connectivity index (χ0) is 11.9. The highest BCUT2D eigenvalue weighted by atomic mass is 16.4. The number of aliphatic hydroxyl groups is 1. The molecule has 0 spiro atoms. The first-order valence-corrected chi connectivity index (χ1v) is 5.61. The van der Waals surface area contributed by atoms with Gasteiger partial charge in [0.05, 0.1) is 5.60 Å². The van der Waals surface area contributed by atoms with Gasteiger partial charge in [-0.25, -0.2) is 0 Å². The second kappa shape index (κ2) is 6.80. The molecule has 15 heavy (non-hydrogen) atoms. The Balaban J connectivity index is 4.03. The minimum absolute atomic E-state index is 0.331. The SMILES string of the molecule is CCCC(NCC(C)(O)CCC)C(=O)O. The van der Waals surface area contributed by atoms with Crippen molar-refractivity contribution in [1.82, 2.24) is 5.32 Å². The summed E-state index contributed by atoms with van der Waals surface area (Å²) in [5.41, 5.74) is -0.809. The summed E-state index contributed by atoms with van der Waals surface area (Å²) >= 11 is 0. The maximum Gasteiger partial charge on any atom is 0.320 e. The van der Waals surface area contributed by atoms with Gasteiger partial charge in [-0.05, 0) is 19.8 Å². The molecule has 0 amide bonds. The van der Waals surface area contributed by atoms with Crippen LogP contribution in [0.5, 0.6) is 0 Å². The van der Waals surface area contributed by atoms with E-state index < -0.39 is 17.6 Å². The number of aliphatic carboxylic acids is 1. The quantitative estimate of drug-likeness (QED) is 0.574. The van der Waals surface area contributed by atoms with Crippen LogP contribution in [0.15, 0.2) is 0 Å². The molecule has 0 radical (unpaired) electrons. The molecule has 0 aliphatic carbocycles. The summed E-state index contributed by atoms with van der Waals surface area (Å²) < 4.78 is 0. The van der Waals surface area contributed by atoms with Crippen LogP contribution in [0.25, 0.3) is 0 Å². The second-order valence-corrected chi connectivity index (χ2v) is 4.31. The Bertz CT molecular complexity index is 192. The lowest BCUT2D eigenvalue weighted by Crippen LogP contribution is -2.45. The molecule has 0 aliphatic rings. The van der Waals surface area contributed by atoms with Crippen molar-refractivity contribution < 1.29 is 15.0 Å². The number of nitrogens with one attached hydrogen (secondary N) is 1. The summed E-state index contributed by atoms with van der Waals surface area (Å²) in [5, 5.41) is 21.6. The number of hydrogen-bond acceptors (Lipinski definition) is 3. The third kappa shape index (κ3) is 6.47. The third-order valence-corrected chi connectivity index (χ3v) is 2.39. The fourth-order valence-electron chi connectivity index (χ4n) is 1.57. The zero-order valence-electron chi connectivity index (χ0n) is 9.92. The van der Waals surface area contributed by atoms with Crippen molar-refractivity contribution in [2.75, 3.05) is 6.54 Å². The van der Waals surface area contributed by atoms with Crippen LogP contribution >= 0.6 is 0 Å². The van der Waals surface area contributed by atoms with Gasteiger partial charge in [0.15, 0.2) is 0 Å². The Hall–Kier alpha value is -0.610. The summed E-state index contributed by atoms with van der Waals surface area (Å²) in [5.74, 6) is -0.843. The van der Waals surface area contributed by atoms with Crippen LogP contribution in [0.1, 0.15) is 46.5 Å². The Kier molecular flexibility index (Phi) is 6.52. The van der Waals surface area contributed by atoms with Gasteiger partial charge in [0.2, 0.25) is 0 Å². The molecule has 0 rings (SSSR count). The number of hydrogen-bond donors (Lipinski definition) is 3. The molecule has 0 fully saturated rings. The molecule has 0 aromatic rings. The van der Waals surface area contributed by atoms with Crippen molar-refractivity contribution in [2.24, 2.45) is 0 Å². The number of carboxylic acids is 1.